The summed E-state index contributed by atoms with van der Waals surface area (Å²) >= 11 is 0. The fourth-order valence-electron chi connectivity index (χ4n) is 2.85. The number of likely N-dealkylation sites (tertiary alicyclic amines) is 1. The predicted molar refractivity (Wildman–Crippen MR) is 90.7 cm³/mol. The quantitative estimate of drug-likeness (QED) is 0.867. The highest BCUT2D eigenvalue weighted by Crippen LogP contribution is 2.23. The van der Waals surface area contributed by atoms with Gasteiger partial charge in [-0.3, -0.25) is 14.4 Å². The number of nitrogens with zero attached hydrogens (tertiary/aromatic N) is 1. The Bertz CT molecular complexity index is 768. The number of anilines is 1. The summed E-state index contributed by atoms with van der Waals surface area (Å²) in [6, 6.07) is 9.59. The zero-order valence-corrected chi connectivity index (χ0v) is 13.8. The molecule has 0 spiro atoms. The van der Waals surface area contributed by atoms with Crippen LogP contribution in [0, 0.1) is 0 Å². The van der Waals surface area contributed by atoms with Crippen LogP contribution in [-0.2, 0) is 16.1 Å². The largest absolute Gasteiger partial charge is 0.467 e. The zero-order valence-electron chi connectivity index (χ0n) is 13.8. The van der Waals surface area contributed by atoms with Gasteiger partial charge in [-0.2, -0.15) is 0 Å². The maximum absolute atomic E-state index is 12.6. The molecule has 25 heavy (non-hydrogen) atoms. The first-order valence-electron chi connectivity index (χ1n) is 8.03. The number of nitrogens with one attached hydrogen (secondary N) is 2. The Morgan fingerprint density at radius 2 is 2.00 bits per heavy atom. The molecule has 1 fully saturated rings. The van der Waals surface area contributed by atoms with Crippen molar-refractivity contribution in [1.29, 1.82) is 0 Å². The van der Waals surface area contributed by atoms with Gasteiger partial charge in [0.15, 0.2) is 0 Å². The summed E-state index contributed by atoms with van der Waals surface area (Å²) in [5.41, 5.74) is 1.09. The van der Waals surface area contributed by atoms with Crippen molar-refractivity contribution in [2.45, 2.75) is 25.4 Å². The van der Waals surface area contributed by atoms with E-state index < -0.39 is 6.04 Å². The molecular weight excluding hydrogens is 322 g/mol. The van der Waals surface area contributed by atoms with Crippen molar-refractivity contribution in [3.8, 4) is 0 Å². The number of hydrogen-bond donors (Lipinski definition) is 2. The molecule has 3 rings (SSSR count). The van der Waals surface area contributed by atoms with E-state index in [0.29, 0.717) is 29.9 Å². The molecule has 1 aliphatic rings. The molecule has 1 aromatic heterocycles. The normalized spacial score (nSPS) is 16.8. The molecule has 1 saturated heterocycles. The summed E-state index contributed by atoms with van der Waals surface area (Å²) in [6.45, 7) is 0.277. The van der Waals surface area contributed by atoms with E-state index >= 15 is 0 Å². The van der Waals surface area contributed by atoms with Gasteiger partial charge < -0.3 is 20.0 Å². The van der Waals surface area contributed by atoms with Crippen LogP contribution in [-0.4, -0.2) is 35.7 Å². The minimum absolute atomic E-state index is 0.0634. The molecule has 0 saturated carbocycles. The zero-order chi connectivity index (χ0) is 17.8. The van der Waals surface area contributed by atoms with Gasteiger partial charge in [0, 0.05) is 24.7 Å². The highest BCUT2D eigenvalue weighted by atomic mass is 16.3. The second-order valence-corrected chi connectivity index (χ2v) is 5.80. The van der Waals surface area contributed by atoms with Crippen molar-refractivity contribution in [3.63, 3.8) is 0 Å². The highest BCUT2D eigenvalue weighted by Gasteiger charge is 2.36. The predicted octanol–water partition coefficient (Wildman–Crippen LogP) is 1.77. The first-order valence-corrected chi connectivity index (χ1v) is 8.03. The van der Waals surface area contributed by atoms with E-state index in [2.05, 4.69) is 10.6 Å². The maximum atomic E-state index is 12.6. The fourth-order valence-corrected chi connectivity index (χ4v) is 2.85. The van der Waals surface area contributed by atoms with Crippen LogP contribution in [0.15, 0.2) is 47.1 Å². The van der Waals surface area contributed by atoms with Crippen LogP contribution in [0.1, 0.15) is 29.0 Å². The van der Waals surface area contributed by atoms with Gasteiger partial charge in [-0.15, -0.1) is 0 Å². The molecule has 0 bridgehead atoms. The molecule has 0 aliphatic carbocycles. The summed E-state index contributed by atoms with van der Waals surface area (Å²) in [4.78, 5) is 37.7. The van der Waals surface area contributed by atoms with E-state index in [-0.39, 0.29) is 24.3 Å². The van der Waals surface area contributed by atoms with Crippen LogP contribution >= 0.6 is 0 Å². The fraction of sp³-hybridized carbons (Fsp3) is 0.278. The number of carbonyl (C=O) groups excluding carboxylic acids is 3. The van der Waals surface area contributed by atoms with Gasteiger partial charge in [0.2, 0.25) is 11.8 Å². The van der Waals surface area contributed by atoms with Crippen LogP contribution in [0.4, 0.5) is 5.69 Å². The average Bonchev–Trinajstić information content (AvgIpc) is 3.26. The van der Waals surface area contributed by atoms with Gasteiger partial charge in [-0.05, 0) is 42.8 Å². The van der Waals surface area contributed by atoms with E-state index in [1.54, 1.807) is 49.7 Å². The van der Waals surface area contributed by atoms with Gasteiger partial charge in [0.25, 0.3) is 5.91 Å². The summed E-state index contributed by atoms with van der Waals surface area (Å²) in [5, 5.41) is 5.34. The topological polar surface area (TPSA) is 91.7 Å². The SMILES string of the molecule is CNC(=O)c1ccc(NC(=O)[C@H]2CCC(=O)N2Cc2ccco2)cc1. The molecule has 130 valence electrons. The summed E-state index contributed by atoms with van der Waals surface area (Å²) in [7, 11) is 1.56. The van der Waals surface area contributed by atoms with E-state index in [4.69, 9.17) is 4.42 Å². The van der Waals surface area contributed by atoms with Crippen LogP contribution in [0.2, 0.25) is 0 Å². The second-order valence-electron chi connectivity index (χ2n) is 5.80. The van der Waals surface area contributed by atoms with Gasteiger partial charge >= 0.3 is 0 Å². The first kappa shape index (κ1) is 16.8. The molecule has 2 heterocycles. The molecule has 1 atom stereocenters. The number of amides is 3. The minimum Gasteiger partial charge on any atom is -0.467 e. The van der Waals surface area contributed by atoms with Crippen molar-refractivity contribution in [2.75, 3.05) is 12.4 Å². The molecular formula is C18H19N3O4. The highest BCUT2D eigenvalue weighted by molar-refractivity contribution is 5.99. The second kappa shape index (κ2) is 7.21. The number of benzene rings is 1. The lowest BCUT2D eigenvalue weighted by Crippen LogP contribution is -2.41. The molecule has 2 aromatic rings. The van der Waals surface area contributed by atoms with Crippen molar-refractivity contribution < 1.29 is 18.8 Å². The van der Waals surface area contributed by atoms with Gasteiger partial charge in [-0.1, -0.05) is 0 Å². The number of rotatable bonds is 5. The van der Waals surface area contributed by atoms with E-state index in [1.165, 1.54) is 4.90 Å². The van der Waals surface area contributed by atoms with Crippen LogP contribution in [0.3, 0.4) is 0 Å². The molecule has 7 nitrogen and oxygen atoms in total. The third-order valence-corrected chi connectivity index (χ3v) is 4.18. The summed E-state index contributed by atoms with van der Waals surface area (Å²) in [5.74, 6) is 0.142. The van der Waals surface area contributed by atoms with Crippen molar-refractivity contribution in [2.24, 2.45) is 0 Å². The Hall–Kier alpha value is -3.09. The standard InChI is InChI=1S/C18H19N3O4/c1-19-17(23)12-4-6-13(7-5-12)20-18(24)15-8-9-16(22)21(15)11-14-3-2-10-25-14/h2-7,10,15H,8-9,11H2,1H3,(H,19,23)(H,20,24)/t15-/m1/s1. The maximum Gasteiger partial charge on any atom is 0.251 e. The van der Waals surface area contributed by atoms with Crippen LogP contribution in [0.5, 0.6) is 0 Å². The van der Waals surface area contributed by atoms with Crippen LogP contribution < -0.4 is 10.6 Å². The Morgan fingerprint density at radius 3 is 2.64 bits per heavy atom. The molecule has 0 unspecified atom stereocenters. The minimum atomic E-state index is -0.531. The molecule has 2 N–H and O–H groups in total. The summed E-state index contributed by atoms with van der Waals surface area (Å²) in [6.07, 6.45) is 2.36. The van der Waals surface area contributed by atoms with Gasteiger partial charge in [0.05, 0.1) is 12.8 Å². The molecule has 0 radical (unpaired) electrons. The van der Waals surface area contributed by atoms with Crippen molar-refractivity contribution in [1.82, 2.24) is 10.2 Å². The Balaban J connectivity index is 1.67. The lowest BCUT2D eigenvalue weighted by atomic mass is 10.1. The third kappa shape index (κ3) is 3.71. The van der Waals surface area contributed by atoms with Crippen molar-refractivity contribution in [3.05, 3.63) is 54.0 Å². The molecule has 7 heteroatoms. The van der Waals surface area contributed by atoms with Crippen LogP contribution in [0.25, 0.3) is 0 Å². The molecule has 3 amide bonds. The summed E-state index contributed by atoms with van der Waals surface area (Å²) < 4.78 is 5.27. The van der Waals surface area contributed by atoms with Gasteiger partial charge in [0.1, 0.15) is 11.8 Å². The average molecular weight is 341 g/mol. The lowest BCUT2D eigenvalue weighted by molar-refractivity contribution is -0.134. The molecule has 1 aromatic carbocycles. The van der Waals surface area contributed by atoms with Crippen molar-refractivity contribution >= 4 is 23.4 Å². The monoisotopic (exact) mass is 341 g/mol. The van der Waals surface area contributed by atoms with E-state index in [1.807, 2.05) is 0 Å². The third-order valence-electron chi connectivity index (χ3n) is 4.18. The van der Waals surface area contributed by atoms with Gasteiger partial charge in [-0.25, -0.2) is 0 Å². The Morgan fingerprint density at radius 1 is 1.24 bits per heavy atom. The Kier molecular flexibility index (Phi) is 4.83. The lowest BCUT2D eigenvalue weighted by Gasteiger charge is -2.23. The number of hydrogen-bond acceptors (Lipinski definition) is 4. The molecule has 1 aliphatic heterocycles. The number of furan rings is 1. The first-order chi connectivity index (χ1) is 12.1. The smallest absolute Gasteiger partial charge is 0.251 e. The Labute approximate surface area is 145 Å². The van der Waals surface area contributed by atoms with E-state index in [9.17, 15) is 14.4 Å². The van der Waals surface area contributed by atoms with E-state index in [0.717, 1.165) is 0 Å². The number of carbonyl (C=O) groups is 3.